The summed E-state index contributed by atoms with van der Waals surface area (Å²) in [4.78, 5) is 0. The molecule has 1 aromatic carbocycles. The van der Waals surface area contributed by atoms with Crippen LogP contribution in [0.2, 0.25) is 0 Å². The van der Waals surface area contributed by atoms with Crippen LogP contribution in [-0.4, -0.2) is 5.50 Å². The zero-order valence-electron chi connectivity index (χ0n) is 7.00. The fraction of sp³-hybridized carbons (Fsp3) is 0.300. The molecule has 1 N–H and O–H groups in total. The lowest BCUT2D eigenvalue weighted by Crippen LogP contribution is -2.29. The standard InChI is InChI=1S/C10H9ClN2/c11-10-8(6-12)5-7-3-1-2-4-9(7)13-10/h1-4,8,10,13H,5H2. The van der Waals surface area contributed by atoms with Crippen molar-refractivity contribution in [1.82, 2.24) is 0 Å². The van der Waals surface area contributed by atoms with Gasteiger partial charge in [-0.2, -0.15) is 5.26 Å². The molecule has 2 unspecified atom stereocenters. The number of benzene rings is 1. The first-order valence-electron chi connectivity index (χ1n) is 4.19. The highest BCUT2D eigenvalue weighted by Gasteiger charge is 2.25. The van der Waals surface area contributed by atoms with Crippen LogP contribution in [0.1, 0.15) is 5.56 Å². The molecule has 1 aliphatic heterocycles. The second kappa shape index (κ2) is 3.27. The van der Waals surface area contributed by atoms with Gasteiger partial charge in [-0.3, -0.25) is 0 Å². The summed E-state index contributed by atoms with van der Waals surface area (Å²) in [6.07, 6.45) is 0.744. The van der Waals surface area contributed by atoms with E-state index in [-0.39, 0.29) is 11.4 Å². The van der Waals surface area contributed by atoms with Gasteiger partial charge in [-0.15, -0.1) is 0 Å². The maximum Gasteiger partial charge on any atom is 0.118 e. The molecule has 2 nitrogen and oxygen atoms in total. The number of fused-ring (bicyclic) bond motifs is 1. The van der Waals surface area contributed by atoms with Gasteiger partial charge in [-0.05, 0) is 18.1 Å². The highest BCUT2D eigenvalue weighted by Crippen LogP contribution is 2.29. The van der Waals surface area contributed by atoms with Crippen molar-refractivity contribution in [3.8, 4) is 6.07 Å². The minimum absolute atomic E-state index is 0.128. The Labute approximate surface area is 82.1 Å². The number of hydrogen-bond acceptors (Lipinski definition) is 2. The minimum atomic E-state index is -0.264. The number of nitrogens with one attached hydrogen (secondary N) is 1. The summed E-state index contributed by atoms with van der Waals surface area (Å²) >= 11 is 5.98. The van der Waals surface area contributed by atoms with E-state index in [2.05, 4.69) is 11.4 Å². The summed E-state index contributed by atoms with van der Waals surface area (Å²) in [6, 6.07) is 10.1. The van der Waals surface area contributed by atoms with Gasteiger partial charge in [-0.1, -0.05) is 29.8 Å². The zero-order chi connectivity index (χ0) is 9.26. The van der Waals surface area contributed by atoms with E-state index in [1.807, 2.05) is 24.3 Å². The Morgan fingerprint density at radius 2 is 2.23 bits per heavy atom. The molecule has 1 aromatic rings. The van der Waals surface area contributed by atoms with Crippen LogP contribution in [0, 0.1) is 17.2 Å². The molecule has 1 heterocycles. The fourth-order valence-electron chi connectivity index (χ4n) is 1.54. The number of halogens is 1. The summed E-state index contributed by atoms with van der Waals surface area (Å²) in [5, 5.41) is 11.9. The maximum absolute atomic E-state index is 8.81. The normalized spacial score (nSPS) is 25.5. The quantitative estimate of drug-likeness (QED) is 0.506. The SMILES string of the molecule is N#CC1Cc2ccccc2NC1Cl. The van der Waals surface area contributed by atoms with E-state index in [0.717, 1.165) is 12.1 Å². The van der Waals surface area contributed by atoms with Crippen molar-refractivity contribution in [1.29, 1.82) is 5.26 Å². The summed E-state index contributed by atoms with van der Waals surface area (Å²) in [5.41, 5.74) is 1.96. The van der Waals surface area contributed by atoms with E-state index >= 15 is 0 Å². The largest absolute Gasteiger partial charge is 0.368 e. The smallest absolute Gasteiger partial charge is 0.118 e. The number of hydrogen-bond donors (Lipinski definition) is 1. The molecule has 0 amide bonds. The Bertz CT molecular complexity index is 356. The van der Waals surface area contributed by atoms with Gasteiger partial charge in [0.25, 0.3) is 0 Å². The molecule has 0 aromatic heterocycles. The van der Waals surface area contributed by atoms with E-state index in [9.17, 15) is 0 Å². The van der Waals surface area contributed by atoms with Gasteiger partial charge < -0.3 is 5.32 Å². The first kappa shape index (κ1) is 8.40. The number of anilines is 1. The van der Waals surface area contributed by atoms with E-state index in [4.69, 9.17) is 16.9 Å². The van der Waals surface area contributed by atoms with Crippen LogP contribution >= 0.6 is 11.6 Å². The average molecular weight is 193 g/mol. The summed E-state index contributed by atoms with van der Waals surface area (Å²) in [6.45, 7) is 0. The van der Waals surface area contributed by atoms with Gasteiger partial charge in [-0.25, -0.2) is 0 Å². The molecule has 66 valence electrons. The van der Waals surface area contributed by atoms with E-state index in [0.29, 0.717) is 0 Å². The Morgan fingerprint density at radius 3 is 3.00 bits per heavy atom. The Hall–Kier alpha value is -1.20. The fourth-order valence-corrected chi connectivity index (χ4v) is 1.80. The molecule has 0 radical (unpaired) electrons. The van der Waals surface area contributed by atoms with Crippen LogP contribution in [-0.2, 0) is 6.42 Å². The van der Waals surface area contributed by atoms with E-state index < -0.39 is 0 Å². The number of para-hydroxylation sites is 1. The van der Waals surface area contributed by atoms with Crippen molar-refractivity contribution in [3.05, 3.63) is 29.8 Å². The first-order chi connectivity index (χ1) is 6.31. The lowest BCUT2D eigenvalue weighted by molar-refractivity contribution is 0.633. The van der Waals surface area contributed by atoms with Crippen molar-refractivity contribution in [2.24, 2.45) is 5.92 Å². The lowest BCUT2D eigenvalue weighted by Gasteiger charge is -2.26. The number of nitriles is 1. The molecule has 0 saturated carbocycles. The molecule has 1 aliphatic rings. The topological polar surface area (TPSA) is 35.8 Å². The maximum atomic E-state index is 8.81. The molecule has 0 bridgehead atoms. The van der Waals surface area contributed by atoms with Gasteiger partial charge in [0.2, 0.25) is 0 Å². The molecule has 2 atom stereocenters. The minimum Gasteiger partial charge on any atom is -0.368 e. The second-order valence-electron chi connectivity index (χ2n) is 3.14. The van der Waals surface area contributed by atoms with Gasteiger partial charge in [0, 0.05) is 5.69 Å². The monoisotopic (exact) mass is 192 g/mol. The van der Waals surface area contributed by atoms with E-state index in [1.165, 1.54) is 5.56 Å². The number of rotatable bonds is 0. The van der Waals surface area contributed by atoms with Crippen LogP contribution in [0.15, 0.2) is 24.3 Å². The van der Waals surface area contributed by atoms with Gasteiger partial charge in [0.15, 0.2) is 0 Å². The lowest BCUT2D eigenvalue weighted by atomic mass is 9.95. The van der Waals surface area contributed by atoms with Crippen LogP contribution < -0.4 is 5.32 Å². The van der Waals surface area contributed by atoms with Gasteiger partial charge >= 0.3 is 0 Å². The Kier molecular flexibility index (Phi) is 2.12. The molecular weight excluding hydrogens is 184 g/mol. The zero-order valence-corrected chi connectivity index (χ0v) is 7.75. The Morgan fingerprint density at radius 1 is 1.46 bits per heavy atom. The van der Waals surface area contributed by atoms with Crippen molar-refractivity contribution in [3.63, 3.8) is 0 Å². The van der Waals surface area contributed by atoms with E-state index in [1.54, 1.807) is 0 Å². The second-order valence-corrected chi connectivity index (χ2v) is 3.61. The van der Waals surface area contributed by atoms with Crippen molar-refractivity contribution in [2.45, 2.75) is 11.9 Å². The third-order valence-corrected chi connectivity index (χ3v) is 2.68. The molecule has 0 saturated heterocycles. The van der Waals surface area contributed by atoms with Crippen LogP contribution in [0.25, 0.3) is 0 Å². The molecule has 13 heavy (non-hydrogen) atoms. The van der Waals surface area contributed by atoms with Gasteiger partial charge in [0.05, 0.1) is 12.0 Å². The summed E-state index contributed by atoms with van der Waals surface area (Å²) in [7, 11) is 0. The average Bonchev–Trinajstić information content (AvgIpc) is 2.17. The highest BCUT2D eigenvalue weighted by atomic mass is 35.5. The number of alkyl halides is 1. The number of nitrogens with zero attached hydrogens (tertiary/aromatic N) is 1. The molecule has 3 heteroatoms. The van der Waals surface area contributed by atoms with Crippen molar-refractivity contribution in [2.75, 3.05) is 5.32 Å². The first-order valence-corrected chi connectivity index (χ1v) is 4.63. The molecule has 0 spiro atoms. The third kappa shape index (κ3) is 1.48. The predicted octanol–water partition coefficient (Wildman–Crippen LogP) is 2.36. The van der Waals surface area contributed by atoms with Crippen LogP contribution in [0.3, 0.4) is 0 Å². The van der Waals surface area contributed by atoms with Crippen LogP contribution in [0.4, 0.5) is 5.69 Å². The van der Waals surface area contributed by atoms with Crippen molar-refractivity contribution < 1.29 is 0 Å². The predicted molar refractivity (Wildman–Crippen MR) is 52.5 cm³/mol. The summed E-state index contributed by atoms with van der Waals surface area (Å²) < 4.78 is 0. The van der Waals surface area contributed by atoms with Crippen LogP contribution in [0.5, 0.6) is 0 Å². The molecule has 0 aliphatic carbocycles. The van der Waals surface area contributed by atoms with Crippen molar-refractivity contribution >= 4 is 17.3 Å². The van der Waals surface area contributed by atoms with Gasteiger partial charge in [0.1, 0.15) is 5.50 Å². The molecule has 0 fully saturated rings. The molecule has 2 rings (SSSR count). The third-order valence-electron chi connectivity index (χ3n) is 2.27. The summed E-state index contributed by atoms with van der Waals surface area (Å²) in [5.74, 6) is -0.128. The highest BCUT2D eigenvalue weighted by molar-refractivity contribution is 6.22. The Balaban J connectivity index is 2.34. The molecular formula is C10H9ClN2.